The second kappa shape index (κ2) is 5.10. The maximum absolute atomic E-state index is 8.94. The Bertz CT molecular complexity index is 165. The average Bonchev–Trinajstić information content (AvgIpc) is 2.18. The molecule has 0 spiro atoms. The van der Waals surface area contributed by atoms with Crippen LogP contribution < -0.4 is 5.73 Å². The summed E-state index contributed by atoms with van der Waals surface area (Å²) in [5.74, 6) is 0. The first-order valence-electron chi connectivity index (χ1n) is 5.70. The summed E-state index contributed by atoms with van der Waals surface area (Å²) in [4.78, 5) is 2.25. The Kier molecular flexibility index (Phi) is 4.35. The topological polar surface area (TPSA) is 49.5 Å². The van der Waals surface area contributed by atoms with Gasteiger partial charge in [-0.15, -0.1) is 0 Å². The van der Waals surface area contributed by atoms with Gasteiger partial charge in [0.1, 0.15) is 0 Å². The lowest BCUT2D eigenvalue weighted by atomic mass is 9.92. The largest absolute Gasteiger partial charge is 0.396 e. The van der Waals surface area contributed by atoms with Crippen molar-refractivity contribution in [3.8, 4) is 0 Å². The number of nitrogens with zero attached hydrogens (tertiary/aromatic N) is 1. The summed E-state index contributed by atoms with van der Waals surface area (Å²) in [6.45, 7) is 2.18. The Labute approximate surface area is 87.3 Å². The Morgan fingerprint density at radius 1 is 1.36 bits per heavy atom. The molecule has 0 aromatic heterocycles. The fourth-order valence-corrected chi connectivity index (χ4v) is 2.29. The van der Waals surface area contributed by atoms with Crippen LogP contribution in [0.25, 0.3) is 0 Å². The molecule has 0 amide bonds. The predicted octanol–water partition coefficient (Wildman–Crippen LogP) is 1.31. The van der Waals surface area contributed by atoms with Crippen molar-refractivity contribution >= 4 is 0 Å². The van der Waals surface area contributed by atoms with Crippen LogP contribution in [-0.4, -0.2) is 35.4 Å². The van der Waals surface area contributed by atoms with Gasteiger partial charge in [0.2, 0.25) is 0 Å². The molecule has 3 heteroatoms. The van der Waals surface area contributed by atoms with Crippen molar-refractivity contribution in [3.05, 3.63) is 0 Å². The Morgan fingerprint density at radius 3 is 2.43 bits per heavy atom. The van der Waals surface area contributed by atoms with E-state index < -0.39 is 0 Å². The molecule has 0 bridgehead atoms. The number of hydrogen-bond acceptors (Lipinski definition) is 3. The van der Waals surface area contributed by atoms with Gasteiger partial charge in [-0.05, 0) is 26.8 Å². The molecule has 1 fully saturated rings. The van der Waals surface area contributed by atoms with E-state index in [1.54, 1.807) is 0 Å². The molecule has 0 aromatic rings. The van der Waals surface area contributed by atoms with Crippen LogP contribution in [0.3, 0.4) is 0 Å². The van der Waals surface area contributed by atoms with Crippen LogP contribution in [0.2, 0.25) is 0 Å². The van der Waals surface area contributed by atoms with E-state index >= 15 is 0 Å². The maximum atomic E-state index is 8.94. The normalized spacial score (nSPS) is 23.8. The van der Waals surface area contributed by atoms with Gasteiger partial charge >= 0.3 is 0 Å². The van der Waals surface area contributed by atoms with Crippen molar-refractivity contribution in [2.75, 3.05) is 13.7 Å². The minimum Gasteiger partial charge on any atom is -0.396 e. The molecule has 0 radical (unpaired) electrons. The number of nitrogens with two attached hydrogens (primary N) is 1. The van der Waals surface area contributed by atoms with Crippen molar-refractivity contribution < 1.29 is 5.11 Å². The summed E-state index contributed by atoms with van der Waals surface area (Å²) in [6.07, 6.45) is 7.18. The minimum absolute atomic E-state index is 0.171. The number of aliphatic hydroxyl groups excluding tert-OH is 1. The van der Waals surface area contributed by atoms with Crippen LogP contribution in [0.1, 0.15) is 45.4 Å². The van der Waals surface area contributed by atoms with E-state index in [1.807, 2.05) is 6.92 Å². The van der Waals surface area contributed by atoms with Gasteiger partial charge in [0, 0.05) is 19.1 Å². The van der Waals surface area contributed by atoms with Crippen LogP contribution >= 0.6 is 0 Å². The molecule has 1 aliphatic carbocycles. The van der Waals surface area contributed by atoms with Crippen LogP contribution in [0.4, 0.5) is 0 Å². The van der Waals surface area contributed by atoms with Gasteiger partial charge < -0.3 is 10.8 Å². The lowest BCUT2D eigenvalue weighted by Gasteiger charge is -2.42. The Balaban J connectivity index is 2.48. The standard InChI is InChI=1S/C11H24N2O/c1-11(12,8-9-14)13(2)10-6-4-3-5-7-10/h10,14H,3-9,12H2,1-2H3. The Morgan fingerprint density at radius 2 is 1.93 bits per heavy atom. The molecule has 1 saturated carbocycles. The molecular formula is C11H24N2O. The molecule has 1 unspecified atom stereocenters. The molecule has 0 saturated heterocycles. The zero-order valence-electron chi connectivity index (χ0n) is 9.50. The molecule has 0 aliphatic heterocycles. The first-order chi connectivity index (χ1) is 6.58. The third-order valence-electron chi connectivity index (χ3n) is 3.55. The number of aliphatic hydroxyl groups is 1. The molecular weight excluding hydrogens is 176 g/mol. The highest BCUT2D eigenvalue weighted by Gasteiger charge is 2.30. The number of hydrogen-bond donors (Lipinski definition) is 2. The lowest BCUT2D eigenvalue weighted by Crippen LogP contribution is -2.56. The van der Waals surface area contributed by atoms with Gasteiger partial charge in [-0.2, -0.15) is 0 Å². The van der Waals surface area contributed by atoms with Crippen molar-refractivity contribution in [1.29, 1.82) is 0 Å². The first-order valence-corrected chi connectivity index (χ1v) is 5.70. The smallest absolute Gasteiger partial charge is 0.0680 e. The van der Waals surface area contributed by atoms with Gasteiger partial charge in [0.15, 0.2) is 0 Å². The monoisotopic (exact) mass is 200 g/mol. The third kappa shape index (κ3) is 2.94. The molecule has 3 N–H and O–H groups in total. The Hall–Kier alpha value is -0.120. The second-order valence-electron chi connectivity index (χ2n) is 4.73. The van der Waals surface area contributed by atoms with E-state index in [-0.39, 0.29) is 12.3 Å². The summed E-state index contributed by atoms with van der Waals surface area (Å²) in [5.41, 5.74) is 5.82. The summed E-state index contributed by atoms with van der Waals surface area (Å²) < 4.78 is 0. The zero-order valence-corrected chi connectivity index (χ0v) is 9.50. The fraction of sp³-hybridized carbons (Fsp3) is 1.00. The number of rotatable bonds is 4. The van der Waals surface area contributed by atoms with Crippen LogP contribution in [0, 0.1) is 0 Å². The van der Waals surface area contributed by atoms with Crippen molar-refractivity contribution in [2.45, 2.75) is 57.2 Å². The average molecular weight is 200 g/mol. The predicted molar refractivity (Wildman–Crippen MR) is 58.9 cm³/mol. The molecule has 1 rings (SSSR count). The van der Waals surface area contributed by atoms with E-state index in [9.17, 15) is 0 Å². The van der Waals surface area contributed by atoms with E-state index in [2.05, 4.69) is 11.9 Å². The first kappa shape index (κ1) is 12.0. The lowest BCUT2D eigenvalue weighted by molar-refractivity contribution is 0.0487. The molecule has 84 valence electrons. The highest BCUT2D eigenvalue weighted by Crippen LogP contribution is 2.25. The summed E-state index contributed by atoms with van der Waals surface area (Å²) in [7, 11) is 2.09. The van der Waals surface area contributed by atoms with Crippen molar-refractivity contribution in [1.82, 2.24) is 4.90 Å². The zero-order chi connectivity index (χ0) is 10.6. The SMILES string of the molecule is CN(C1CCCCC1)C(C)(N)CCO. The molecule has 1 aliphatic rings. The van der Waals surface area contributed by atoms with Gasteiger partial charge in [0.05, 0.1) is 5.66 Å². The van der Waals surface area contributed by atoms with Crippen LogP contribution in [0.15, 0.2) is 0 Å². The molecule has 14 heavy (non-hydrogen) atoms. The maximum Gasteiger partial charge on any atom is 0.0680 e. The summed E-state index contributed by atoms with van der Waals surface area (Å²) in [6, 6.07) is 0.616. The van der Waals surface area contributed by atoms with Crippen molar-refractivity contribution in [3.63, 3.8) is 0 Å². The quantitative estimate of drug-likeness (QED) is 0.673. The van der Waals surface area contributed by atoms with Crippen molar-refractivity contribution in [2.24, 2.45) is 5.73 Å². The van der Waals surface area contributed by atoms with Gasteiger partial charge in [-0.3, -0.25) is 4.90 Å². The van der Waals surface area contributed by atoms with Gasteiger partial charge in [-0.25, -0.2) is 0 Å². The van der Waals surface area contributed by atoms with Crippen LogP contribution in [-0.2, 0) is 0 Å². The molecule has 0 heterocycles. The highest BCUT2D eigenvalue weighted by atomic mass is 16.3. The third-order valence-corrected chi connectivity index (χ3v) is 3.55. The minimum atomic E-state index is -0.350. The summed E-state index contributed by atoms with van der Waals surface area (Å²) in [5, 5.41) is 8.94. The van der Waals surface area contributed by atoms with E-state index in [1.165, 1.54) is 32.1 Å². The molecule has 3 nitrogen and oxygen atoms in total. The highest BCUT2D eigenvalue weighted by molar-refractivity contribution is 4.84. The second-order valence-corrected chi connectivity index (χ2v) is 4.73. The van der Waals surface area contributed by atoms with Crippen LogP contribution in [0.5, 0.6) is 0 Å². The van der Waals surface area contributed by atoms with E-state index in [4.69, 9.17) is 10.8 Å². The summed E-state index contributed by atoms with van der Waals surface area (Å²) >= 11 is 0. The van der Waals surface area contributed by atoms with E-state index in [0.717, 1.165) is 0 Å². The van der Waals surface area contributed by atoms with Gasteiger partial charge in [-0.1, -0.05) is 19.3 Å². The molecule has 0 aromatic carbocycles. The van der Waals surface area contributed by atoms with Gasteiger partial charge in [0.25, 0.3) is 0 Å². The molecule has 1 atom stereocenters. The fourth-order valence-electron chi connectivity index (χ4n) is 2.29. The van der Waals surface area contributed by atoms with E-state index in [0.29, 0.717) is 12.5 Å².